The maximum atomic E-state index is 6.48. The standard InChI is InChI=1S/C16H25NO3/c1-18-13-10-15(20-3)14(19-2)9-12(13)16(17)11-7-5-4-6-8-11/h9-11,16H,4-8,17H2,1-3H3/t16-/m1/s1. The molecule has 0 aliphatic heterocycles. The number of nitrogens with two attached hydrogens (primary N) is 1. The van der Waals surface area contributed by atoms with E-state index in [4.69, 9.17) is 19.9 Å². The molecule has 1 atom stereocenters. The highest BCUT2D eigenvalue weighted by Gasteiger charge is 2.25. The number of benzene rings is 1. The van der Waals surface area contributed by atoms with Crippen molar-refractivity contribution in [3.63, 3.8) is 0 Å². The van der Waals surface area contributed by atoms with E-state index >= 15 is 0 Å². The molecule has 2 rings (SSSR count). The van der Waals surface area contributed by atoms with E-state index in [-0.39, 0.29) is 6.04 Å². The zero-order valence-electron chi connectivity index (χ0n) is 12.6. The molecule has 1 fully saturated rings. The van der Waals surface area contributed by atoms with Crippen molar-refractivity contribution in [1.82, 2.24) is 0 Å². The van der Waals surface area contributed by atoms with Crippen LogP contribution in [-0.4, -0.2) is 21.3 Å². The van der Waals surface area contributed by atoms with Crippen LogP contribution in [0.1, 0.15) is 43.7 Å². The number of hydrogen-bond acceptors (Lipinski definition) is 4. The van der Waals surface area contributed by atoms with Gasteiger partial charge in [0.05, 0.1) is 21.3 Å². The third-order valence-corrected chi connectivity index (χ3v) is 4.25. The molecule has 112 valence electrons. The molecule has 0 spiro atoms. The first-order chi connectivity index (χ1) is 9.71. The molecule has 0 radical (unpaired) electrons. The molecule has 0 amide bonds. The summed E-state index contributed by atoms with van der Waals surface area (Å²) in [5, 5.41) is 0. The molecule has 0 aromatic heterocycles. The van der Waals surface area contributed by atoms with E-state index in [1.807, 2.05) is 12.1 Å². The lowest BCUT2D eigenvalue weighted by Gasteiger charge is -2.29. The quantitative estimate of drug-likeness (QED) is 0.898. The van der Waals surface area contributed by atoms with Crippen LogP contribution in [0.2, 0.25) is 0 Å². The fraction of sp³-hybridized carbons (Fsp3) is 0.625. The molecule has 20 heavy (non-hydrogen) atoms. The molecule has 0 saturated heterocycles. The molecule has 1 aliphatic carbocycles. The van der Waals surface area contributed by atoms with Crippen molar-refractivity contribution in [1.29, 1.82) is 0 Å². The second-order valence-corrected chi connectivity index (χ2v) is 5.37. The van der Waals surface area contributed by atoms with Gasteiger partial charge in [-0.15, -0.1) is 0 Å². The number of methoxy groups -OCH3 is 3. The van der Waals surface area contributed by atoms with Gasteiger partial charge in [-0.25, -0.2) is 0 Å². The average molecular weight is 279 g/mol. The van der Waals surface area contributed by atoms with Gasteiger partial charge < -0.3 is 19.9 Å². The van der Waals surface area contributed by atoms with Crippen LogP contribution >= 0.6 is 0 Å². The van der Waals surface area contributed by atoms with Gasteiger partial charge in [-0.05, 0) is 24.8 Å². The molecule has 1 aliphatic rings. The molecule has 0 unspecified atom stereocenters. The van der Waals surface area contributed by atoms with Crippen molar-refractivity contribution in [2.45, 2.75) is 38.1 Å². The van der Waals surface area contributed by atoms with E-state index in [0.29, 0.717) is 17.4 Å². The summed E-state index contributed by atoms with van der Waals surface area (Å²) in [6.45, 7) is 0. The first-order valence-corrected chi connectivity index (χ1v) is 7.26. The van der Waals surface area contributed by atoms with Crippen LogP contribution in [0, 0.1) is 5.92 Å². The van der Waals surface area contributed by atoms with E-state index in [1.54, 1.807) is 21.3 Å². The second kappa shape index (κ2) is 6.84. The Balaban J connectivity index is 2.32. The Labute approximate surface area is 121 Å². The van der Waals surface area contributed by atoms with Crippen molar-refractivity contribution >= 4 is 0 Å². The molecule has 0 bridgehead atoms. The lowest BCUT2D eigenvalue weighted by molar-refractivity contribution is 0.298. The maximum absolute atomic E-state index is 6.48. The Morgan fingerprint density at radius 3 is 2.00 bits per heavy atom. The predicted molar refractivity (Wildman–Crippen MR) is 79.6 cm³/mol. The zero-order chi connectivity index (χ0) is 14.5. The van der Waals surface area contributed by atoms with E-state index in [2.05, 4.69) is 0 Å². The van der Waals surface area contributed by atoms with Crippen LogP contribution in [0.15, 0.2) is 12.1 Å². The van der Waals surface area contributed by atoms with Crippen molar-refractivity contribution in [3.8, 4) is 17.2 Å². The normalized spacial score (nSPS) is 17.6. The minimum absolute atomic E-state index is 0.00921. The SMILES string of the molecule is COc1cc(OC)c([C@H](N)C2CCCCC2)cc1OC. The third kappa shape index (κ3) is 3.01. The molecule has 4 nitrogen and oxygen atoms in total. The van der Waals surface area contributed by atoms with E-state index in [0.717, 1.165) is 11.3 Å². The summed E-state index contributed by atoms with van der Waals surface area (Å²) in [7, 11) is 4.93. The topological polar surface area (TPSA) is 53.7 Å². The van der Waals surface area contributed by atoms with Crippen LogP contribution in [0.25, 0.3) is 0 Å². The summed E-state index contributed by atoms with van der Waals surface area (Å²) in [6.07, 6.45) is 6.26. The number of ether oxygens (including phenoxy) is 3. The summed E-state index contributed by atoms with van der Waals surface area (Å²) < 4.78 is 16.2. The zero-order valence-corrected chi connectivity index (χ0v) is 12.6. The first kappa shape index (κ1) is 15.0. The minimum atomic E-state index is -0.00921. The van der Waals surface area contributed by atoms with Crippen LogP contribution < -0.4 is 19.9 Å². The largest absolute Gasteiger partial charge is 0.496 e. The Bertz CT molecular complexity index is 442. The highest BCUT2D eigenvalue weighted by molar-refractivity contribution is 5.51. The Morgan fingerprint density at radius 1 is 0.900 bits per heavy atom. The lowest BCUT2D eigenvalue weighted by atomic mass is 9.81. The lowest BCUT2D eigenvalue weighted by Crippen LogP contribution is -2.24. The molecular formula is C16H25NO3. The number of hydrogen-bond donors (Lipinski definition) is 1. The monoisotopic (exact) mass is 279 g/mol. The van der Waals surface area contributed by atoms with Crippen LogP contribution in [0.5, 0.6) is 17.2 Å². The van der Waals surface area contributed by atoms with Gasteiger partial charge in [0.25, 0.3) is 0 Å². The van der Waals surface area contributed by atoms with Gasteiger partial charge in [-0.2, -0.15) is 0 Å². The van der Waals surface area contributed by atoms with Gasteiger partial charge in [0.15, 0.2) is 11.5 Å². The van der Waals surface area contributed by atoms with Crippen LogP contribution in [0.4, 0.5) is 0 Å². The first-order valence-electron chi connectivity index (χ1n) is 7.26. The van der Waals surface area contributed by atoms with Crippen molar-refractivity contribution < 1.29 is 14.2 Å². The molecular weight excluding hydrogens is 254 g/mol. The van der Waals surface area contributed by atoms with Gasteiger partial charge in [-0.3, -0.25) is 0 Å². The van der Waals surface area contributed by atoms with Gasteiger partial charge in [0, 0.05) is 17.7 Å². The number of rotatable bonds is 5. The van der Waals surface area contributed by atoms with Crippen molar-refractivity contribution in [2.75, 3.05) is 21.3 Å². The van der Waals surface area contributed by atoms with Gasteiger partial charge >= 0.3 is 0 Å². The van der Waals surface area contributed by atoms with Crippen molar-refractivity contribution in [2.24, 2.45) is 11.7 Å². The highest BCUT2D eigenvalue weighted by atomic mass is 16.5. The Hall–Kier alpha value is -1.42. The minimum Gasteiger partial charge on any atom is -0.496 e. The Morgan fingerprint density at radius 2 is 1.45 bits per heavy atom. The smallest absolute Gasteiger partial charge is 0.164 e. The molecule has 2 N–H and O–H groups in total. The summed E-state index contributed by atoms with van der Waals surface area (Å²) in [6, 6.07) is 3.80. The van der Waals surface area contributed by atoms with Crippen molar-refractivity contribution in [3.05, 3.63) is 17.7 Å². The molecule has 1 saturated carbocycles. The second-order valence-electron chi connectivity index (χ2n) is 5.37. The molecule has 4 heteroatoms. The van der Waals surface area contributed by atoms with E-state index in [1.165, 1.54) is 32.1 Å². The maximum Gasteiger partial charge on any atom is 0.164 e. The summed E-state index contributed by atoms with van der Waals surface area (Å²) in [5.41, 5.74) is 7.50. The third-order valence-electron chi connectivity index (χ3n) is 4.25. The van der Waals surface area contributed by atoms with E-state index < -0.39 is 0 Å². The highest BCUT2D eigenvalue weighted by Crippen LogP contribution is 2.41. The molecule has 0 heterocycles. The molecule has 1 aromatic carbocycles. The summed E-state index contributed by atoms with van der Waals surface area (Å²) in [5.74, 6) is 2.68. The van der Waals surface area contributed by atoms with Gasteiger partial charge in [0.2, 0.25) is 0 Å². The molecule has 1 aromatic rings. The van der Waals surface area contributed by atoms with E-state index in [9.17, 15) is 0 Å². The fourth-order valence-electron chi connectivity index (χ4n) is 3.06. The average Bonchev–Trinajstić information content (AvgIpc) is 2.53. The van der Waals surface area contributed by atoms with Gasteiger partial charge in [0.1, 0.15) is 5.75 Å². The summed E-state index contributed by atoms with van der Waals surface area (Å²) >= 11 is 0. The van der Waals surface area contributed by atoms with Gasteiger partial charge in [-0.1, -0.05) is 19.3 Å². The Kier molecular flexibility index (Phi) is 5.12. The fourth-order valence-corrected chi connectivity index (χ4v) is 3.06. The predicted octanol–water partition coefficient (Wildman–Crippen LogP) is 3.29. The summed E-state index contributed by atoms with van der Waals surface area (Å²) in [4.78, 5) is 0. The van der Waals surface area contributed by atoms with Crippen LogP contribution in [-0.2, 0) is 0 Å². The van der Waals surface area contributed by atoms with Crippen LogP contribution in [0.3, 0.4) is 0 Å².